The lowest BCUT2D eigenvalue weighted by molar-refractivity contribution is -0.384. The standard InChI is InChI=1S/C22H25N5O4/c1-31-12-10-23-19-9-8-15(13-20(19)27(29)30)22(28)26-11-4-5-16(14-26)21-24-17-6-2-3-7-18(17)25-21/h2-3,6-9,13,16,23H,4-5,10-12,14H2,1H3,(H,24,25)/t16-/m0/s1. The first-order valence-corrected chi connectivity index (χ1v) is 10.3. The van der Waals surface area contributed by atoms with E-state index >= 15 is 0 Å². The van der Waals surface area contributed by atoms with Gasteiger partial charge in [0.05, 0.1) is 22.6 Å². The topological polar surface area (TPSA) is 113 Å². The van der Waals surface area contributed by atoms with Crippen LogP contribution in [0.3, 0.4) is 0 Å². The van der Waals surface area contributed by atoms with Gasteiger partial charge in [-0.15, -0.1) is 0 Å². The predicted molar refractivity (Wildman–Crippen MR) is 117 cm³/mol. The number of aromatic amines is 1. The number of fused-ring (bicyclic) bond motifs is 1. The number of piperidine rings is 1. The van der Waals surface area contributed by atoms with Crippen LogP contribution < -0.4 is 5.32 Å². The molecule has 1 fully saturated rings. The summed E-state index contributed by atoms with van der Waals surface area (Å²) in [5.74, 6) is 0.782. The highest BCUT2D eigenvalue weighted by Crippen LogP contribution is 2.30. The molecule has 2 aromatic carbocycles. The summed E-state index contributed by atoms with van der Waals surface area (Å²) in [6.07, 6.45) is 1.79. The number of nitro benzene ring substituents is 1. The number of hydrogen-bond acceptors (Lipinski definition) is 6. The van der Waals surface area contributed by atoms with E-state index in [-0.39, 0.29) is 17.5 Å². The van der Waals surface area contributed by atoms with Crippen LogP contribution in [0.2, 0.25) is 0 Å². The van der Waals surface area contributed by atoms with Crippen molar-refractivity contribution in [1.82, 2.24) is 14.9 Å². The number of likely N-dealkylation sites (tertiary alicyclic amines) is 1. The van der Waals surface area contributed by atoms with E-state index < -0.39 is 4.92 Å². The van der Waals surface area contributed by atoms with Crippen LogP contribution in [-0.2, 0) is 4.74 Å². The summed E-state index contributed by atoms with van der Waals surface area (Å²) in [6, 6.07) is 12.4. The number of nitro groups is 1. The van der Waals surface area contributed by atoms with Crippen molar-refractivity contribution >= 4 is 28.3 Å². The van der Waals surface area contributed by atoms with Crippen LogP contribution in [0.5, 0.6) is 0 Å². The number of hydrogen-bond donors (Lipinski definition) is 2. The van der Waals surface area contributed by atoms with Gasteiger partial charge in [-0.25, -0.2) is 4.98 Å². The third-order valence-electron chi connectivity index (χ3n) is 5.57. The smallest absolute Gasteiger partial charge is 0.293 e. The van der Waals surface area contributed by atoms with Gasteiger partial charge in [0.15, 0.2) is 0 Å². The molecule has 1 amide bonds. The van der Waals surface area contributed by atoms with Gasteiger partial charge in [0.2, 0.25) is 0 Å². The zero-order valence-electron chi connectivity index (χ0n) is 17.3. The molecule has 2 heterocycles. The van der Waals surface area contributed by atoms with E-state index in [0.29, 0.717) is 37.5 Å². The maximum atomic E-state index is 13.1. The molecule has 2 N–H and O–H groups in total. The van der Waals surface area contributed by atoms with Crippen LogP contribution in [0.25, 0.3) is 11.0 Å². The molecule has 9 nitrogen and oxygen atoms in total. The largest absolute Gasteiger partial charge is 0.383 e. The first-order valence-electron chi connectivity index (χ1n) is 10.3. The Balaban J connectivity index is 1.51. The minimum Gasteiger partial charge on any atom is -0.383 e. The summed E-state index contributed by atoms with van der Waals surface area (Å²) in [5.41, 5.74) is 2.46. The molecule has 0 radical (unpaired) electrons. The van der Waals surface area contributed by atoms with E-state index in [1.54, 1.807) is 24.1 Å². The monoisotopic (exact) mass is 423 g/mol. The van der Waals surface area contributed by atoms with Crippen molar-refractivity contribution in [2.75, 3.05) is 38.7 Å². The quantitative estimate of drug-likeness (QED) is 0.341. The van der Waals surface area contributed by atoms with Gasteiger partial charge >= 0.3 is 0 Å². The van der Waals surface area contributed by atoms with Gasteiger partial charge < -0.3 is 19.9 Å². The summed E-state index contributed by atoms with van der Waals surface area (Å²) in [7, 11) is 1.56. The first-order chi connectivity index (χ1) is 15.1. The summed E-state index contributed by atoms with van der Waals surface area (Å²) < 4.78 is 4.97. The van der Waals surface area contributed by atoms with Crippen molar-refractivity contribution in [3.8, 4) is 0 Å². The lowest BCUT2D eigenvalue weighted by atomic mass is 9.96. The molecule has 0 spiro atoms. The van der Waals surface area contributed by atoms with Crippen LogP contribution >= 0.6 is 0 Å². The van der Waals surface area contributed by atoms with E-state index in [2.05, 4.69) is 15.3 Å². The van der Waals surface area contributed by atoms with E-state index in [4.69, 9.17) is 4.74 Å². The fourth-order valence-corrected chi connectivity index (χ4v) is 3.99. The highest BCUT2D eigenvalue weighted by atomic mass is 16.6. The third kappa shape index (κ3) is 4.51. The number of imidazole rings is 1. The molecule has 0 unspecified atom stereocenters. The molecule has 1 aliphatic rings. The molecule has 1 saturated heterocycles. The molecule has 0 aliphatic carbocycles. The minimum atomic E-state index is -0.473. The number of H-pyrrole nitrogens is 1. The number of benzene rings is 2. The van der Waals surface area contributed by atoms with Crippen molar-refractivity contribution in [3.05, 3.63) is 64.0 Å². The molecule has 31 heavy (non-hydrogen) atoms. The summed E-state index contributed by atoms with van der Waals surface area (Å²) in [5, 5.41) is 14.5. The number of anilines is 1. The highest BCUT2D eigenvalue weighted by molar-refractivity contribution is 5.96. The van der Waals surface area contributed by atoms with Gasteiger partial charge in [-0.1, -0.05) is 12.1 Å². The second-order valence-corrected chi connectivity index (χ2v) is 7.64. The lowest BCUT2D eigenvalue weighted by Gasteiger charge is -2.32. The van der Waals surface area contributed by atoms with Gasteiger partial charge in [-0.2, -0.15) is 0 Å². The Morgan fingerprint density at radius 1 is 1.35 bits per heavy atom. The van der Waals surface area contributed by atoms with Crippen molar-refractivity contribution < 1.29 is 14.5 Å². The van der Waals surface area contributed by atoms with Crippen molar-refractivity contribution in [3.63, 3.8) is 0 Å². The van der Waals surface area contributed by atoms with E-state index in [9.17, 15) is 14.9 Å². The number of para-hydroxylation sites is 2. The first kappa shape index (κ1) is 20.8. The minimum absolute atomic E-state index is 0.107. The number of nitrogens with one attached hydrogen (secondary N) is 2. The van der Waals surface area contributed by atoms with Gasteiger partial charge in [0.1, 0.15) is 11.5 Å². The van der Waals surface area contributed by atoms with Crippen LogP contribution in [-0.4, -0.2) is 59.0 Å². The number of amides is 1. The number of methoxy groups -OCH3 is 1. The maximum Gasteiger partial charge on any atom is 0.293 e. The molecular weight excluding hydrogens is 398 g/mol. The fourth-order valence-electron chi connectivity index (χ4n) is 3.99. The van der Waals surface area contributed by atoms with Crippen molar-refractivity contribution in [1.29, 1.82) is 0 Å². The van der Waals surface area contributed by atoms with E-state index in [1.807, 2.05) is 24.3 Å². The molecule has 0 bridgehead atoms. The number of carbonyl (C=O) groups is 1. The third-order valence-corrected chi connectivity index (χ3v) is 5.57. The average molecular weight is 423 g/mol. The zero-order chi connectivity index (χ0) is 21.8. The highest BCUT2D eigenvalue weighted by Gasteiger charge is 2.28. The van der Waals surface area contributed by atoms with Crippen LogP contribution in [0.15, 0.2) is 42.5 Å². The molecule has 162 valence electrons. The molecule has 1 aliphatic heterocycles. The normalized spacial score (nSPS) is 16.4. The second kappa shape index (κ2) is 9.13. The van der Waals surface area contributed by atoms with Gasteiger partial charge in [-0.3, -0.25) is 14.9 Å². The predicted octanol–water partition coefficient (Wildman–Crippen LogP) is 3.55. The van der Waals surface area contributed by atoms with Crippen LogP contribution in [0, 0.1) is 10.1 Å². The van der Waals surface area contributed by atoms with Crippen molar-refractivity contribution in [2.45, 2.75) is 18.8 Å². The number of nitrogens with zero attached hydrogens (tertiary/aromatic N) is 3. The Morgan fingerprint density at radius 2 is 2.19 bits per heavy atom. The Labute approximate surface area is 179 Å². The summed E-state index contributed by atoms with van der Waals surface area (Å²) in [4.78, 5) is 34.0. The van der Waals surface area contributed by atoms with Gasteiger partial charge in [0, 0.05) is 44.3 Å². The molecule has 3 aromatic rings. The zero-order valence-corrected chi connectivity index (χ0v) is 17.3. The number of carbonyl (C=O) groups excluding carboxylic acids is 1. The Hall–Kier alpha value is -3.46. The number of aromatic nitrogens is 2. The summed E-state index contributed by atoms with van der Waals surface area (Å²) >= 11 is 0. The number of ether oxygens (including phenoxy) is 1. The molecule has 4 rings (SSSR count). The second-order valence-electron chi connectivity index (χ2n) is 7.64. The molecule has 1 atom stereocenters. The fraction of sp³-hybridized carbons (Fsp3) is 0.364. The Kier molecular flexibility index (Phi) is 6.13. The molecule has 9 heteroatoms. The SMILES string of the molecule is COCCNc1ccc(C(=O)N2CCC[C@H](c3nc4ccccc4[nH]3)C2)cc1[N+](=O)[O-]. The van der Waals surface area contributed by atoms with Crippen molar-refractivity contribution in [2.24, 2.45) is 0 Å². The van der Waals surface area contributed by atoms with Gasteiger partial charge in [0.25, 0.3) is 11.6 Å². The molecule has 1 aromatic heterocycles. The Morgan fingerprint density at radius 3 is 2.97 bits per heavy atom. The average Bonchev–Trinajstić information content (AvgIpc) is 3.23. The summed E-state index contributed by atoms with van der Waals surface area (Å²) in [6.45, 7) is 2.02. The van der Waals surface area contributed by atoms with E-state index in [0.717, 1.165) is 29.7 Å². The van der Waals surface area contributed by atoms with Crippen LogP contribution in [0.4, 0.5) is 11.4 Å². The lowest BCUT2D eigenvalue weighted by Crippen LogP contribution is -2.39. The molecular formula is C22H25N5O4. The maximum absolute atomic E-state index is 13.1. The van der Waals surface area contributed by atoms with E-state index in [1.165, 1.54) is 6.07 Å². The molecule has 0 saturated carbocycles. The Bertz CT molecular complexity index is 1060. The van der Waals surface area contributed by atoms with Crippen LogP contribution in [0.1, 0.15) is 34.9 Å². The van der Waals surface area contributed by atoms with Gasteiger partial charge in [-0.05, 0) is 37.1 Å². The number of rotatable bonds is 7.